The van der Waals surface area contributed by atoms with E-state index in [1.54, 1.807) is 0 Å². The Labute approximate surface area is 213 Å². The van der Waals surface area contributed by atoms with Gasteiger partial charge < -0.3 is 14.6 Å². The maximum absolute atomic E-state index is 14.2. The van der Waals surface area contributed by atoms with E-state index in [4.69, 9.17) is 9.47 Å². The second kappa shape index (κ2) is 11.7. The number of rotatable bonds is 9. The van der Waals surface area contributed by atoms with E-state index in [9.17, 15) is 27.1 Å². The summed E-state index contributed by atoms with van der Waals surface area (Å²) in [5, 5.41) is 10.3. The molecule has 0 amide bonds. The molecule has 3 aromatic carbocycles. The molecule has 11 heteroatoms. The van der Waals surface area contributed by atoms with E-state index in [1.165, 1.54) is 36.4 Å². The van der Waals surface area contributed by atoms with Crippen LogP contribution in [0.25, 0.3) is 11.1 Å². The number of phenols is 1. The molecule has 37 heavy (non-hydrogen) atoms. The maximum atomic E-state index is 14.2. The Morgan fingerprint density at radius 2 is 1.84 bits per heavy atom. The largest absolute Gasteiger partial charge is 0.507 e. The standard InChI is InChI=1S/C26H26F2N2O6S/c27-19-5-8-24(28)23(16-19)18-3-1-4-21(15-18)37(33,34)29-20-6-7-22(25(31)17-20)26(32)36-12-2-9-30-10-13-35-14-11-30/h1,3-8,15-17,29,31H,2,9-14H2. The van der Waals surface area contributed by atoms with Gasteiger partial charge in [0.1, 0.15) is 22.9 Å². The van der Waals surface area contributed by atoms with Gasteiger partial charge in [0, 0.05) is 31.3 Å². The molecule has 1 heterocycles. The quantitative estimate of drug-likeness (QED) is 0.317. The number of phenolic OH excluding ortho intramolecular Hbond substituents is 1. The first-order valence-electron chi connectivity index (χ1n) is 11.6. The van der Waals surface area contributed by atoms with Gasteiger partial charge in [-0.1, -0.05) is 12.1 Å². The molecule has 0 atom stereocenters. The molecule has 0 aliphatic carbocycles. The fraction of sp³-hybridized carbons (Fsp3) is 0.269. The van der Waals surface area contributed by atoms with E-state index in [1.807, 2.05) is 0 Å². The van der Waals surface area contributed by atoms with Crippen molar-refractivity contribution in [1.82, 2.24) is 4.90 Å². The molecule has 0 unspecified atom stereocenters. The van der Waals surface area contributed by atoms with Crippen molar-refractivity contribution in [3.8, 4) is 16.9 Å². The van der Waals surface area contributed by atoms with Crippen LogP contribution in [0.2, 0.25) is 0 Å². The number of carbonyl (C=O) groups is 1. The number of nitrogens with one attached hydrogen (secondary N) is 1. The summed E-state index contributed by atoms with van der Waals surface area (Å²) < 4.78 is 66.4. The number of sulfonamides is 1. The number of hydrogen-bond donors (Lipinski definition) is 2. The van der Waals surface area contributed by atoms with Crippen LogP contribution < -0.4 is 4.72 Å². The predicted molar refractivity (Wildman–Crippen MR) is 133 cm³/mol. The Hall–Kier alpha value is -3.54. The summed E-state index contributed by atoms with van der Waals surface area (Å²) >= 11 is 0. The lowest BCUT2D eigenvalue weighted by molar-refractivity contribution is 0.0297. The molecule has 1 fully saturated rings. The molecule has 8 nitrogen and oxygen atoms in total. The summed E-state index contributed by atoms with van der Waals surface area (Å²) in [6, 6.07) is 12.0. The summed E-state index contributed by atoms with van der Waals surface area (Å²) in [4.78, 5) is 14.4. The van der Waals surface area contributed by atoms with Gasteiger partial charge in [0.25, 0.3) is 10.0 Å². The van der Waals surface area contributed by atoms with Gasteiger partial charge >= 0.3 is 5.97 Å². The monoisotopic (exact) mass is 532 g/mol. The highest BCUT2D eigenvalue weighted by Crippen LogP contribution is 2.28. The maximum Gasteiger partial charge on any atom is 0.341 e. The molecule has 1 aliphatic rings. The zero-order valence-electron chi connectivity index (χ0n) is 19.8. The second-order valence-corrected chi connectivity index (χ2v) is 10.1. The summed E-state index contributed by atoms with van der Waals surface area (Å²) in [6.07, 6.45) is 0.628. The van der Waals surface area contributed by atoms with Crippen molar-refractivity contribution in [2.75, 3.05) is 44.2 Å². The molecule has 4 rings (SSSR count). The Morgan fingerprint density at radius 1 is 1.05 bits per heavy atom. The van der Waals surface area contributed by atoms with Crippen molar-refractivity contribution in [2.24, 2.45) is 0 Å². The molecule has 0 radical (unpaired) electrons. The smallest absolute Gasteiger partial charge is 0.341 e. The van der Waals surface area contributed by atoms with Crippen LogP contribution in [0.5, 0.6) is 5.75 Å². The SMILES string of the molecule is O=C(OCCCN1CCOCC1)c1ccc(NS(=O)(=O)c2cccc(-c3cc(F)ccc3F)c2)cc1O. The van der Waals surface area contributed by atoms with Crippen LogP contribution >= 0.6 is 0 Å². The third-order valence-corrected chi connectivity index (χ3v) is 7.19. The normalized spacial score (nSPS) is 14.3. The van der Waals surface area contributed by atoms with Gasteiger partial charge in [-0.15, -0.1) is 0 Å². The number of anilines is 1. The van der Waals surface area contributed by atoms with Crippen LogP contribution in [-0.2, 0) is 19.5 Å². The fourth-order valence-corrected chi connectivity index (χ4v) is 4.98. The lowest BCUT2D eigenvalue weighted by Crippen LogP contribution is -2.37. The van der Waals surface area contributed by atoms with Crippen molar-refractivity contribution in [1.29, 1.82) is 0 Å². The minimum atomic E-state index is -4.15. The van der Waals surface area contributed by atoms with Gasteiger partial charge in [-0.05, 0) is 54.4 Å². The van der Waals surface area contributed by atoms with Gasteiger partial charge in [0.05, 0.1) is 30.4 Å². The van der Waals surface area contributed by atoms with Gasteiger partial charge in [-0.2, -0.15) is 0 Å². The first-order chi connectivity index (χ1) is 17.7. The molecule has 196 valence electrons. The van der Waals surface area contributed by atoms with Crippen molar-refractivity contribution in [3.05, 3.63) is 77.9 Å². The van der Waals surface area contributed by atoms with Gasteiger partial charge in [0.2, 0.25) is 0 Å². The summed E-state index contributed by atoms with van der Waals surface area (Å²) in [5.74, 6) is -2.53. The molecular formula is C26H26F2N2O6S. The average Bonchev–Trinajstić information content (AvgIpc) is 2.88. The van der Waals surface area contributed by atoms with Crippen molar-refractivity contribution >= 4 is 21.7 Å². The molecule has 2 N–H and O–H groups in total. The van der Waals surface area contributed by atoms with Crippen LogP contribution in [0.15, 0.2) is 65.6 Å². The molecule has 0 bridgehead atoms. The fourth-order valence-electron chi connectivity index (χ4n) is 3.89. The lowest BCUT2D eigenvalue weighted by Gasteiger charge is -2.26. The minimum Gasteiger partial charge on any atom is -0.507 e. The highest BCUT2D eigenvalue weighted by atomic mass is 32.2. The number of morpholine rings is 1. The van der Waals surface area contributed by atoms with E-state index in [0.717, 1.165) is 43.9 Å². The summed E-state index contributed by atoms with van der Waals surface area (Å²) in [7, 11) is -4.15. The Morgan fingerprint density at radius 3 is 2.59 bits per heavy atom. The predicted octanol–water partition coefficient (Wildman–Crippen LogP) is 4.02. The van der Waals surface area contributed by atoms with E-state index < -0.39 is 33.4 Å². The lowest BCUT2D eigenvalue weighted by atomic mass is 10.1. The highest BCUT2D eigenvalue weighted by molar-refractivity contribution is 7.92. The minimum absolute atomic E-state index is 0.00343. The summed E-state index contributed by atoms with van der Waals surface area (Å²) in [6.45, 7) is 3.96. The van der Waals surface area contributed by atoms with Crippen LogP contribution in [0.4, 0.5) is 14.5 Å². The molecule has 0 spiro atoms. The van der Waals surface area contributed by atoms with Crippen molar-refractivity contribution in [2.45, 2.75) is 11.3 Å². The number of halogens is 2. The zero-order valence-corrected chi connectivity index (χ0v) is 20.6. The van der Waals surface area contributed by atoms with E-state index in [-0.39, 0.29) is 33.9 Å². The average molecular weight is 533 g/mol. The number of aromatic hydroxyl groups is 1. The number of benzene rings is 3. The number of ether oxygens (including phenoxy) is 2. The third-order valence-electron chi connectivity index (χ3n) is 5.81. The van der Waals surface area contributed by atoms with Crippen LogP contribution in [-0.4, -0.2) is 63.8 Å². The molecule has 1 saturated heterocycles. The number of carbonyl (C=O) groups excluding carboxylic acids is 1. The molecule has 3 aromatic rings. The van der Waals surface area contributed by atoms with Crippen molar-refractivity contribution < 1.29 is 36.6 Å². The Kier molecular flexibility index (Phi) is 8.37. The summed E-state index contributed by atoms with van der Waals surface area (Å²) in [5.41, 5.74) is -0.00135. The molecule has 1 aliphatic heterocycles. The topological polar surface area (TPSA) is 105 Å². The van der Waals surface area contributed by atoms with Gasteiger partial charge in [-0.25, -0.2) is 22.0 Å². The first kappa shape index (κ1) is 26.5. The van der Waals surface area contributed by atoms with E-state index >= 15 is 0 Å². The number of esters is 1. The zero-order chi connectivity index (χ0) is 26.4. The van der Waals surface area contributed by atoms with Gasteiger partial charge in [0.15, 0.2) is 0 Å². The third kappa shape index (κ3) is 6.82. The van der Waals surface area contributed by atoms with E-state index in [2.05, 4.69) is 9.62 Å². The van der Waals surface area contributed by atoms with Crippen LogP contribution in [0.3, 0.4) is 0 Å². The van der Waals surface area contributed by atoms with Crippen LogP contribution in [0.1, 0.15) is 16.8 Å². The van der Waals surface area contributed by atoms with Crippen molar-refractivity contribution in [3.63, 3.8) is 0 Å². The highest BCUT2D eigenvalue weighted by Gasteiger charge is 2.19. The Balaban J connectivity index is 1.40. The number of nitrogens with zero attached hydrogens (tertiary/aromatic N) is 1. The number of hydrogen-bond acceptors (Lipinski definition) is 7. The molecule has 0 saturated carbocycles. The van der Waals surface area contributed by atoms with Gasteiger partial charge in [-0.3, -0.25) is 9.62 Å². The second-order valence-electron chi connectivity index (χ2n) is 8.43. The molecule has 0 aromatic heterocycles. The Bertz CT molecular complexity index is 1380. The first-order valence-corrected chi connectivity index (χ1v) is 13.1. The molecular weight excluding hydrogens is 506 g/mol. The van der Waals surface area contributed by atoms with E-state index in [0.29, 0.717) is 19.6 Å². The van der Waals surface area contributed by atoms with Crippen LogP contribution in [0, 0.1) is 11.6 Å².